The lowest BCUT2D eigenvalue weighted by Crippen LogP contribution is -2.19. The van der Waals surface area contributed by atoms with Crippen molar-refractivity contribution in [2.75, 3.05) is 186 Å². The molecule has 0 aliphatic heterocycles. The topological polar surface area (TPSA) is 140 Å². The monoisotopic (exact) mass is 715 g/mol. The molecule has 0 unspecified atom stereocenters. The van der Waals surface area contributed by atoms with Crippen LogP contribution in [0.1, 0.15) is 32.6 Å². The Labute approximate surface area is 295 Å². The van der Waals surface area contributed by atoms with Gasteiger partial charge in [0.15, 0.2) is 0 Å². The van der Waals surface area contributed by atoms with Crippen LogP contribution < -0.4 is 0 Å². The molecule has 0 saturated carbocycles. The molecule has 15 nitrogen and oxygen atoms in total. The number of esters is 1. The Morgan fingerprint density at radius 2 is 0.612 bits per heavy atom. The molecule has 0 atom stereocenters. The molecular weight excluding hydrogens is 646 g/mol. The van der Waals surface area contributed by atoms with Gasteiger partial charge in [-0.15, -0.1) is 0 Å². The summed E-state index contributed by atoms with van der Waals surface area (Å²) < 4.78 is 70.6. The normalized spacial score (nSPS) is 11.6. The molecule has 294 valence electrons. The first-order chi connectivity index (χ1) is 24.2. The van der Waals surface area contributed by atoms with Crippen molar-refractivity contribution in [3.8, 4) is 0 Å². The number of carbonyl (C=O) groups is 1. The Hall–Kier alpha value is -1.05. The highest BCUT2D eigenvalue weighted by molar-refractivity contribution is 5.69. The third-order valence-corrected chi connectivity index (χ3v) is 6.25. The summed E-state index contributed by atoms with van der Waals surface area (Å²) in [6.45, 7) is 15.6. The first kappa shape index (κ1) is 48.0. The van der Waals surface area contributed by atoms with E-state index in [2.05, 4.69) is 11.8 Å². The van der Waals surface area contributed by atoms with Crippen LogP contribution in [0, 0.1) is 0 Å². The van der Waals surface area contributed by atoms with Crippen molar-refractivity contribution in [1.29, 1.82) is 0 Å². The summed E-state index contributed by atoms with van der Waals surface area (Å²) in [5, 5.41) is 0. The van der Waals surface area contributed by atoms with Crippen LogP contribution >= 0.6 is 0 Å². The van der Waals surface area contributed by atoms with Gasteiger partial charge in [0.25, 0.3) is 0 Å². The van der Waals surface area contributed by atoms with Gasteiger partial charge in [0.2, 0.25) is 0 Å². The summed E-state index contributed by atoms with van der Waals surface area (Å²) in [6.07, 6.45) is 3.49. The van der Waals surface area contributed by atoms with Crippen molar-refractivity contribution in [2.24, 2.45) is 0 Å². The standard InChI is InChI=1S/C34H69NO14/c1-4-5-6-7-34(36)49-33-32-48-31-30-47-29-28-46-27-26-45-25-24-44-23-22-43-21-20-42-19-18-41-17-16-40-15-14-39-13-12-38-11-10-37-9-8-35(2)3/h4-33H2,1-3H3. The molecule has 0 aromatic heterocycles. The molecule has 0 aliphatic rings. The minimum Gasteiger partial charge on any atom is -0.463 e. The van der Waals surface area contributed by atoms with Gasteiger partial charge in [0.05, 0.1) is 159 Å². The molecule has 0 radical (unpaired) electrons. The number of likely N-dealkylation sites (N-methyl/N-ethyl adjacent to an activating group) is 1. The van der Waals surface area contributed by atoms with Crippen LogP contribution in [0.2, 0.25) is 0 Å². The van der Waals surface area contributed by atoms with Gasteiger partial charge < -0.3 is 66.5 Å². The molecule has 0 heterocycles. The smallest absolute Gasteiger partial charge is 0.305 e. The lowest BCUT2D eigenvalue weighted by molar-refractivity contribution is -0.145. The molecule has 0 amide bonds. The summed E-state index contributed by atoms with van der Waals surface area (Å²) in [7, 11) is 4.04. The number of hydrogen-bond acceptors (Lipinski definition) is 15. The van der Waals surface area contributed by atoms with E-state index in [0.717, 1.165) is 25.8 Å². The summed E-state index contributed by atoms with van der Waals surface area (Å²) >= 11 is 0. The largest absolute Gasteiger partial charge is 0.463 e. The average molecular weight is 716 g/mol. The molecule has 0 aromatic carbocycles. The van der Waals surface area contributed by atoms with E-state index in [1.54, 1.807) is 0 Å². The zero-order valence-electron chi connectivity index (χ0n) is 30.9. The van der Waals surface area contributed by atoms with E-state index < -0.39 is 0 Å². The minimum atomic E-state index is -0.160. The highest BCUT2D eigenvalue weighted by atomic mass is 16.6. The lowest BCUT2D eigenvalue weighted by atomic mass is 10.2. The predicted octanol–water partition coefficient (Wildman–Crippen LogP) is 1.87. The van der Waals surface area contributed by atoms with Crippen molar-refractivity contribution >= 4 is 5.97 Å². The quantitative estimate of drug-likeness (QED) is 0.0670. The van der Waals surface area contributed by atoms with E-state index in [1.165, 1.54) is 0 Å². The van der Waals surface area contributed by atoms with Crippen molar-refractivity contribution in [1.82, 2.24) is 4.90 Å². The summed E-state index contributed by atoms with van der Waals surface area (Å²) in [4.78, 5) is 13.5. The zero-order chi connectivity index (χ0) is 35.6. The molecule has 0 saturated heterocycles. The Morgan fingerprint density at radius 1 is 0.367 bits per heavy atom. The fourth-order valence-corrected chi connectivity index (χ4v) is 3.57. The second-order valence-corrected chi connectivity index (χ2v) is 10.8. The average Bonchev–Trinajstić information content (AvgIpc) is 3.09. The molecule has 0 aliphatic carbocycles. The molecule has 0 rings (SSSR count). The molecular formula is C34H69NO14. The number of carbonyl (C=O) groups excluding carboxylic acids is 1. The third-order valence-electron chi connectivity index (χ3n) is 6.25. The van der Waals surface area contributed by atoms with Crippen LogP contribution in [0.25, 0.3) is 0 Å². The molecule has 0 fully saturated rings. The van der Waals surface area contributed by atoms with Crippen molar-refractivity contribution in [3.63, 3.8) is 0 Å². The number of ether oxygens (including phenoxy) is 13. The van der Waals surface area contributed by atoms with E-state index >= 15 is 0 Å². The first-order valence-corrected chi connectivity index (χ1v) is 17.9. The maximum atomic E-state index is 11.5. The van der Waals surface area contributed by atoms with Crippen LogP contribution in [0.4, 0.5) is 0 Å². The summed E-state index contributed by atoms with van der Waals surface area (Å²) in [6, 6.07) is 0. The van der Waals surface area contributed by atoms with Gasteiger partial charge >= 0.3 is 5.97 Å². The number of unbranched alkanes of at least 4 members (excludes halogenated alkanes) is 2. The number of hydrogen-bond donors (Lipinski definition) is 0. The highest BCUT2D eigenvalue weighted by Crippen LogP contribution is 2.00. The van der Waals surface area contributed by atoms with Gasteiger partial charge in [-0.25, -0.2) is 0 Å². The SMILES string of the molecule is CCCCCC(=O)OCCOCCOCCOCCOCCOCCOCCOCCOCCOCCOCCOCCOCCN(C)C. The Kier molecular flexibility index (Phi) is 42.2. The van der Waals surface area contributed by atoms with E-state index in [0.29, 0.717) is 165 Å². The van der Waals surface area contributed by atoms with Crippen molar-refractivity contribution < 1.29 is 66.4 Å². The van der Waals surface area contributed by atoms with Crippen LogP contribution in [0.3, 0.4) is 0 Å². The van der Waals surface area contributed by atoms with Crippen molar-refractivity contribution in [2.45, 2.75) is 32.6 Å². The summed E-state index contributed by atoms with van der Waals surface area (Å²) in [5.74, 6) is -0.160. The molecule has 0 spiro atoms. The van der Waals surface area contributed by atoms with Gasteiger partial charge in [0, 0.05) is 13.0 Å². The molecule has 0 N–H and O–H groups in total. The number of rotatable bonds is 43. The summed E-state index contributed by atoms with van der Waals surface area (Å²) in [5.41, 5.74) is 0. The maximum absolute atomic E-state index is 11.5. The van der Waals surface area contributed by atoms with Gasteiger partial charge in [-0.3, -0.25) is 4.79 Å². The van der Waals surface area contributed by atoms with Crippen LogP contribution in [-0.4, -0.2) is 197 Å². The maximum Gasteiger partial charge on any atom is 0.305 e. The molecule has 0 bridgehead atoms. The van der Waals surface area contributed by atoms with Crippen LogP contribution in [-0.2, 0) is 66.4 Å². The Balaban J connectivity index is 3.08. The second-order valence-electron chi connectivity index (χ2n) is 10.8. The van der Waals surface area contributed by atoms with Gasteiger partial charge in [-0.2, -0.15) is 0 Å². The fraction of sp³-hybridized carbons (Fsp3) is 0.971. The minimum absolute atomic E-state index is 0.160. The van der Waals surface area contributed by atoms with E-state index in [4.69, 9.17) is 61.6 Å². The van der Waals surface area contributed by atoms with Crippen LogP contribution in [0.15, 0.2) is 0 Å². The number of nitrogens with zero attached hydrogens (tertiary/aromatic N) is 1. The van der Waals surface area contributed by atoms with Gasteiger partial charge in [0.1, 0.15) is 6.61 Å². The van der Waals surface area contributed by atoms with E-state index in [9.17, 15) is 4.79 Å². The lowest BCUT2D eigenvalue weighted by Gasteiger charge is -2.10. The highest BCUT2D eigenvalue weighted by Gasteiger charge is 2.02. The first-order valence-electron chi connectivity index (χ1n) is 17.9. The van der Waals surface area contributed by atoms with E-state index in [1.807, 2.05) is 14.1 Å². The molecule has 15 heteroatoms. The Morgan fingerprint density at radius 3 is 0.857 bits per heavy atom. The van der Waals surface area contributed by atoms with Crippen molar-refractivity contribution in [3.05, 3.63) is 0 Å². The Bertz CT molecular complexity index is 636. The van der Waals surface area contributed by atoms with Crippen LogP contribution in [0.5, 0.6) is 0 Å². The fourth-order valence-electron chi connectivity index (χ4n) is 3.57. The second kappa shape index (κ2) is 43.1. The molecule has 0 aromatic rings. The predicted molar refractivity (Wildman–Crippen MR) is 183 cm³/mol. The zero-order valence-corrected chi connectivity index (χ0v) is 30.9. The van der Waals surface area contributed by atoms with Gasteiger partial charge in [-0.05, 0) is 20.5 Å². The van der Waals surface area contributed by atoms with Gasteiger partial charge in [-0.1, -0.05) is 19.8 Å². The molecule has 49 heavy (non-hydrogen) atoms. The third kappa shape index (κ3) is 44.9. The van der Waals surface area contributed by atoms with E-state index in [-0.39, 0.29) is 12.6 Å².